The van der Waals surface area contributed by atoms with E-state index in [9.17, 15) is 9.18 Å². The van der Waals surface area contributed by atoms with E-state index in [1.807, 2.05) is 6.26 Å². The maximum Gasteiger partial charge on any atom is 0.229 e. The number of hydrogen-bond donors (Lipinski definition) is 1. The van der Waals surface area contributed by atoms with Crippen molar-refractivity contribution in [3.8, 4) is 0 Å². The average Bonchev–Trinajstić information content (AvgIpc) is 2.31. The van der Waals surface area contributed by atoms with Crippen LogP contribution < -0.4 is 5.32 Å². The van der Waals surface area contributed by atoms with Crippen LogP contribution in [0.15, 0.2) is 29.2 Å². The first-order valence-electron chi connectivity index (χ1n) is 5.36. The van der Waals surface area contributed by atoms with Crippen molar-refractivity contribution >= 4 is 29.4 Å². The van der Waals surface area contributed by atoms with E-state index in [0.29, 0.717) is 12.3 Å². The summed E-state index contributed by atoms with van der Waals surface area (Å²) >= 11 is 3.19. The van der Waals surface area contributed by atoms with Gasteiger partial charge in [-0.25, -0.2) is 4.39 Å². The van der Waals surface area contributed by atoms with Crippen LogP contribution in [0.1, 0.15) is 6.42 Å². The molecule has 0 aliphatic heterocycles. The van der Waals surface area contributed by atoms with Crippen molar-refractivity contribution in [1.82, 2.24) is 5.32 Å². The van der Waals surface area contributed by atoms with Gasteiger partial charge in [0.2, 0.25) is 5.91 Å². The summed E-state index contributed by atoms with van der Waals surface area (Å²) in [5, 5.41) is 2.85. The molecule has 0 fully saturated rings. The Bertz CT molecular complexity index is 343. The zero-order valence-electron chi connectivity index (χ0n) is 9.74. The van der Waals surface area contributed by atoms with Gasteiger partial charge in [-0.1, -0.05) is 0 Å². The second-order valence-electron chi connectivity index (χ2n) is 3.44. The molecule has 0 aliphatic carbocycles. The third-order valence-corrected chi connectivity index (χ3v) is 3.65. The Kier molecular flexibility index (Phi) is 7.12. The summed E-state index contributed by atoms with van der Waals surface area (Å²) in [6.07, 6.45) is 2.83. The standard InChI is InChI=1S/C12H16FNOS2/c1-16-9-12(15)14-7-2-8-17-11-5-3-10(13)4-6-11/h3-6H,2,7-9H2,1H3,(H,14,15). The van der Waals surface area contributed by atoms with Crippen LogP contribution in [0, 0.1) is 5.82 Å². The van der Waals surface area contributed by atoms with Gasteiger partial charge in [-0.05, 0) is 42.7 Å². The molecule has 1 aromatic carbocycles. The molecule has 94 valence electrons. The number of carbonyl (C=O) groups is 1. The van der Waals surface area contributed by atoms with E-state index in [2.05, 4.69) is 5.32 Å². The topological polar surface area (TPSA) is 29.1 Å². The lowest BCUT2D eigenvalue weighted by atomic mass is 10.4. The molecule has 0 radical (unpaired) electrons. The Morgan fingerprint density at radius 3 is 2.71 bits per heavy atom. The van der Waals surface area contributed by atoms with Crippen LogP contribution in [0.5, 0.6) is 0 Å². The van der Waals surface area contributed by atoms with Gasteiger partial charge in [0, 0.05) is 11.4 Å². The fourth-order valence-electron chi connectivity index (χ4n) is 1.20. The van der Waals surface area contributed by atoms with Crippen molar-refractivity contribution in [3.63, 3.8) is 0 Å². The molecule has 0 aromatic heterocycles. The van der Waals surface area contributed by atoms with Crippen LogP contribution >= 0.6 is 23.5 Å². The first-order chi connectivity index (χ1) is 8.22. The second-order valence-corrected chi connectivity index (χ2v) is 5.47. The smallest absolute Gasteiger partial charge is 0.229 e. The summed E-state index contributed by atoms with van der Waals surface area (Å²) in [7, 11) is 0. The van der Waals surface area contributed by atoms with E-state index < -0.39 is 0 Å². The molecule has 2 nitrogen and oxygen atoms in total. The number of hydrogen-bond acceptors (Lipinski definition) is 3. The molecular weight excluding hydrogens is 257 g/mol. The quantitative estimate of drug-likeness (QED) is 0.612. The second kappa shape index (κ2) is 8.42. The average molecular weight is 273 g/mol. The molecule has 0 unspecified atom stereocenters. The summed E-state index contributed by atoms with van der Waals surface area (Å²) < 4.78 is 12.6. The van der Waals surface area contributed by atoms with Gasteiger partial charge in [0.1, 0.15) is 5.82 Å². The number of amides is 1. The van der Waals surface area contributed by atoms with Gasteiger partial charge in [-0.15, -0.1) is 11.8 Å². The van der Waals surface area contributed by atoms with Gasteiger partial charge in [0.25, 0.3) is 0 Å². The van der Waals surface area contributed by atoms with Crippen molar-refractivity contribution in [2.75, 3.05) is 24.3 Å². The molecule has 1 N–H and O–H groups in total. The zero-order valence-corrected chi connectivity index (χ0v) is 11.4. The summed E-state index contributed by atoms with van der Waals surface area (Å²) in [6, 6.07) is 6.46. The Morgan fingerprint density at radius 1 is 1.35 bits per heavy atom. The molecule has 1 amide bonds. The molecule has 0 heterocycles. The molecule has 0 spiro atoms. The SMILES string of the molecule is CSCC(=O)NCCCSc1ccc(F)cc1. The Hall–Kier alpha value is -0.680. The van der Waals surface area contributed by atoms with Crippen LogP contribution in [0.3, 0.4) is 0 Å². The number of thioether (sulfide) groups is 2. The van der Waals surface area contributed by atoms with E-state index >= 15 is 0 Å². The van der Waals surface area contributed by atoms with Crippen molar-refractivity contribution in [1.29, 1.82) is 0 Å². The maximum atomic E-state index is 12.6. The lowest BCUT2D eigenvalue weighted by Crippen LogP contribution is -2.26. The number of rotatable bonds is 7. The fourth-order valence-corrected chi connectivity index (χ4v) is 2.42. The van der Waals surface area contributed by atoms with Crippen molar-refractivity contribution in [2.24, 2.45) is 0 Å². The van der Waals surface area contributed by atoms with E-state index in [1.54, 1.807) is 23.9 Å². The highest BCUT2D eigenvalue weighted by atomic mass is 32.2. The molecule has 0 saturated heterocycles. The van der Waals surface area contributed by atoms with Crippen molar-refractivity contribution < 1.29 is 9.18 Å². The highest BCUT2D eigenvalue weighted by Crippen LogP contribution is 2.18. The van der Waals surface area contributed by atoms with Crippen LogP contribution in [0.2, 0.25) is 0 Å². The minimum atomic E-state index is -0.210. The highest BCUT2D eigenvalue weighted by molar-refractivity contribution is 7.99. The van der Waals surface area contributed by atoms with Gasteiger partial charge in [0.15, 0.2) is 0 Å². The Morgan fingerprint density at radius 2 is 2.06 bits per heavy atom. The van der Waals surface area contributed by atoms with Gasteiger partial charge < -0.3 is 5.32 Å². The van der Waals surface area contributed by atoms with Gasteiger partial charge in [-0.2, -0.15) is 11.8 Å². The van der Waals surface area contributed by atoms with E-state index in [4.69, 9.17) is 0 Å². The predicted molar refractivity (Wildman–Crippen MR) is 73.1 cm³/mol. The number of carbonyl (C=O) groups excluding carboxylic acids is 1. The normalized spacial score (nSPS) is 10.2. The van der Waals surface area contributed by atoms with Crippen LogP contribution in [0.4, 0.5) is 4.39 Å². The zero-order chi connectivity index (χ0) is 12.5. The van der Waals surface area contributed by atoms with Gasteiger partial charge >= 0.3 is 0 Å². The lowest BCUT2D eigenvalue weighted by molar-refractivity contribution is -0.118. The van der Waals surface area contributed by atoms with Crippen LogP contribution in [-0.2, 0) is 4.79 Å². The highest BCUT2D eigenvalue weighted by Gasteiger charge is 1.98. The monoisotopic (exact) mass is 273 g/mol. The Balaban J connectivity index is 2.08. The molecule has 0 bridgehead atoms. The molecule has 17 heavy (non-hydrogen) atoms. The van der Waals surface area contributed by atoms with Crippen LogP contribution in [-0.4, -0.2) is 30.2 Å². The third-order valence-electron chi connectivity index (χ3n) is 2.00. The van der Waals surface area contributed by atoms with Gasteiger partial charge in [-0.3, -0.25) is 4.79 Å². The molecule has 1 rings (SSSR count). The fraction of sp³-hybridized carbons (Fsp3) is 0.417. The van der Waals surface area contributed by atoms with Crippen LogP contribution in [0.25, 0.3) is 0 Å². The lowest BCUT2D eigenvalue weighted by Gasteiger charge is -2.04. The van der Waals surface area contributed by atoms with Crippen molar-refractivity contribution in [3.05, 3.63) is 30.1 Å². The molecule has 5 heteroatoms. The van der Waals surface area contributed by atoms with E-state index in [1.165, 1.54) is 23.9 Å². The molecule has 0 saturated carbocycles. The number of benzene rings is 1. The molecular formula is C12H16FNOS2. The molecule has 0 atom stereocenters. The van der Waals surface area contributed by atoms with Gasteiger partial charge in [0.05, 0.1) is 5.75 Å². The van der Waals surface area contributed by atoms with E-state index in [-0.39, 0.29) is 11.7 Å². The summed E-state index contributed by atoms with van der Waals surface area (Å²) in [6.45, 7) is 0.702. The first kappa shape index (κ1) is 14.4. The Labute approximate surface area is 110 Å². The van der Waals surface area contributed by atoms with Crippen molar-refractivity contribution in [2.45, 2.75) is 11.3 Å². The maximum absolute atomic E-state index is 12.6. The molecule has 0 aliphatic rings. The number of nitrogens with one attached hydrogen (secondary N) is 1. The summed E-state index contributed by atoms with van der Waals surface area (Å²) in [5.74, 6) is 1.32. The minimum Gasteiger partial charge on any atom is -0.355 e. The molecule has 1 aromatic rings. The van der Waals surface area contributed by atoms with E-state index in [0.717, 1.165) is 17.1 Å². The predicted octanol–water partition coefficient (Wildman–Crippen LogP) is 2.79. The first-order valence-corrected chi connectivity index (χ1v) is 7.74. The summed E-state index contributed by atoms with van der Waals surface area (Å²) in [4.78, 5) is 12.2. The summed E-state index contributed by atoms with van der Waals surface area (Å²) in [5.41, 5.74) is 0. The largest absolute Gasteiger partial charge is 0.355 e. The number of halogens is 1. The third kappa shape index (κ3) is 6.58. The minimum absolute atomic E-state index is 0.0873.